The number of rotatable bonds is 32. The highest BCUT2D eigenvalue weighted by Gasteiger charge is 2.18. The fraction of sp³-hybridized carbons (Fsp3) is 0.865. The second-order valence-corrected chi connectivity index (χ2v) is 12.2. The summed E-state index contributed by atoms with van der Waals surface area (Å²) in [7, 11) is 0. The van der Waals surface area contributed by atoms with Gasteiger partial charge in [0, 0.05) is 19.8 Å². The summed E-state index contributed by atoms with van der Waals surface area (Å²) < 4.78 is 15.9. The highest BCUT2D eigenvalue weighted by Crippen LogP contribution is 2.13. The van der Waals surface area contributed by atoms with Crippen LogP contribution in [0.5, 0.6) is 0 Å². The zero-order chi connectivity index (χ0) is 31.6. The molecule has 6 nitrogen and oxygen atoms in total. The Bertz CT molecular complexity index is 674. The zero-order valence-electron chi connectivity index (χ0n) is 28.5. The first kappa shape index (κ1) is 41.1. The molecule has 0 amide bonds. The summed E-state index contributed by atoms with van der Waals surface area (Å²) in [6.45, 7) is 5.63. The molecule has 1 atom stereocenters. The minimum atomic E-state index is -0.762. The molecule has 0 fully saturated rings. The molecule has 0 bridgehead atoms. The van der Waals surface area contributed by atoms with Crippen LogP contribution in [0.1, 0.15) is 188 Å². The van der Waals surface area contributed by atoms with Gasteiger partial charge in [-0.1, -0.05) is 142 Å². The van der Waals surface area contributed by atoms with E-state index < -0.39 is 12.1 Å². The van der Waals surface area contributed by atoms with Gasteiger partial charge < -0.3 is 14.2 Å². The van der Waals surface area contributed by atoms with Gasteiger partial charge in [0.05, 0.1) is 0 Å². The van der Waals surface area contributed by atoms with Gasteiger partial charge >= 0.3 is 17.9 Å². The third-order valence-electron chi connectivity index (χ3n) is 7.83. The number of ether oxygens (including phenoxy) is 3. The number of allylic oxidation sites excluding steroid dienone is 2. The molecule has 0 N–H and O–H groups in total. The van der Waals surface area contributed by atoms with Crippen molar-refractivity contribution in [1.82, 2.24) is 0 Å². The van der Waals surface area contributed by atoms with Crippen molar-refractivity contribution in [3.63, 3.8) is 0 Å². The number of hydrogen-bond acceptors (Lipinski definition) is 6. The highest BCUT2D eigenvalue weighted by atomic mass is 16.6. The third-order valence-corrected chi connectivity index (χ3v) is 7.83. The normalized spacial score (nSPS) is 12.0. The number of esters is 3. The lowest BCUT2D eigenvalue weighted by molar-refractivity contribution is -0.166. The Kier molecular flexibility index (Phi) is 31.6. The van der Waals surface area contributed by atoms with E-state index in [1.165, 1.54) is 116 Å². The monoisotopic (exact) mass is 609 g/mol. The Labute approximate surface area is 265 Å². The fourth-order valence-electron chi connectivity index (χ4n) is 5.10. The Morgan fingerprint density at radius 2 is 0.860 bits per heavy atom. The minimum absolute atomic E-state index is 0.0822. The lowest BCUT2D eigenvalue weighted by Gasteiger charge is -2.18. The maximum absolute atomic E-state index is 12.3. The summed E-state index contributed by atoms with van der Waals surface area (Å²) in [4.78, 5) is 35.8. The molecule has 0 aliphatic carbocycles. The van der Waals surface area contributed by atoms with E-state index in [0.717, 1.165) is 44.9 Å². The molecule has 0 rings (SSSR count). The van der Waals surface area contributed by atoms with Gasteiger partial charge in [-0.15, -0.1) is 0 Å². The first-order valence-corrected chi connectivity index (χ1v) is 18.1. The van der Waals surface area contributed by atoms with Crippen molar-refractivity contribution in [1.29, 1.82) is 0 Å². The number of hydrogen-bond donors (Lipinski definition) is 0. The van der Waals surface area contributed by atoms with Crippen molar-refractivity contribution in [2.24, 2.45) is 0 Å². The van der Waals surface area contributed by atoms with Crippen molar-refractivity contribution in [3.05, 3.63) is 12.2 Å². The smallest absolute Gasteiger partial charge is 0.306 e. The van der Waals surface area contributed by atoms with Gasteiger partial charge in [-0.05, 0) is 38.5 Å². The minimum Gasteiger partial charge on any atom is -0.462 e. The van der Waals surface area contributed by atoms with Gasteiger partial charge in [-0.3, -0.25) is 14.4 Å². The number of carbonyl (C=O) groups is 3. The van der Waals surface area contributed by atoms with E-state index in [-0.39, 0.29) is 25.2 Å². The molecule has 0 saturated heterocycles. The summed E-state index contributed by atoms with van der Waals surface area (Å²) in [5.74, 6) is -1.08. The topological polar surface area (TPSA) is 78.9 Å². The van der Waals surface area contributed by atoms with Crippen LogP contribution in [0.15, 0.2) is 12.2 Å². The molecule has 0 unspecified atom stereocenters. The number of carbonyl (C=O) groups excluding carboxylic acids is 3. The van der Waals surface area contributed by atoms with Crippen molar-refractivity contribution in [2.45, 2.75) is 194 Å². The molecule has 0 aromatic rings. The molecule has 0 aromatic heterocycles. The molecule has 0 radical (unpaired) electrons. The van der Waals surface area contributed by atoms with Crippen molar-refractivity contribution in [2.75, 3.05) is 13.2 Å². The van der Waals surface area contributed by atoms with Crippen LogP contribution in [0.25, 0.3) is 0 Å². The standard InChI is InChI=1S/C37H68O6/c1-4-6-8-10-12-14-16-17-18-19-21-22-24-26-28-30-36(39)42-33-35(32-41-34(3)38)43-37(40)31-29-27-25-23-20-15-13-11-9-7-5-2/h17-18,35H,4-16,19-33H2,1-3H3/b18-17-/t35-/m1/s1. The SMILES string of the molecule is CCCCCCCC/C=C\CCCCCCCC(=O)OC[C@@H](COC(C)=O)OC(=O)CCCCCCCCCCCCC. The van der Waals surface area contributed by atoms with Gasteiger partial charge in [0.25, 0.3) is 0 Å². The largest absolute Gasteiger partial charge is 0.462 e. The predicted molar refractivity (Wildman–Crippen MR) is 178 cm³/mol. The van der Waals surface area contributed by atoms with Crippen LogP contribution >= 0.6 is 0 Å². The van der Waals surface area contributed by atoms with E-state index >= 15 is 0 Å². The summed E-state index contributed by atoms with van der Waals surface area (Å²) in [5.41, 5.74) is 0. The van der Waals surface area contributed by atoms with E-state index in [0.29, 0.717) is 12.8 Å². The molecule has 0 spiro atoms. The van der Waals surface area contributed by atoms with E-state index in [1.54, 1.807) is 0 Å². The van der Waals surface area contributed by atoms with Gasteiger partial charge in [0.15, 0.2) is 6.10 Å². The van der Waals surface area contributed by atoms with E-state index in [2.05, 4.69) is 26.0 Å². The molecular formula is C37H68O6. The van der Waals surface area contributed by atoms with Crippen LogP contribution in [-0.4, -0.2) is 37.2 Å². The molecule has 0 saturated carbocycles. The lowest BCUT2D eigenvalue weighted by Crippen LogP contribution is -2.30. The quantitative estimate of drug-likeness (QED) is 0.0327. The van der Waals surface area contributed by atoms with Crippen LogP contribution < -0.4 is 0 Å². The Hall–Kier alpha value is -1.85. The van der Waals surface area contributed by atoms with Crippen LogP contribution in [0.3, 0.4) is 0 Å². The summed E-state index contributed by atoms with van der Waals surface area (Å²) >= 11 is 0. The lowest BCUT2D eigenvalue weighted by atomic mass is 10.1. The second kappa shape index (κ2) is 33.1. The third kappa shape index (κ3) is 32.9. The predicted octanol–water partition coefficient (Wildman–Crippen LogP) is 10.7. The second-order valence-electron chi connectivity index (χ2n) is 12.2. The fourth-order valence-corrected chi connectivity index (χ4v) is 5.10. The molecule has 0 aliphatic heterocycles. The molecule has 43 heavy (non-hydrogen) atoms. The van der Waals surface area contributed by atoms with Gasteiger partial charge in [-0.25, -0.2) is 0 Å². The maximum atomic E-state index is 12.3. The molecule has 0 aliphatic rings. The van der Waals surface area contributed by atoms with Crippen molar-refractivity contribution < 1.29 is 28.6 Å². The van der Waals surface area contributed by atoms with Gasteiger partial charge in [0.2, 0.25) is 0 Å². The first-order chi connectivity index (χ1) is 21.0. The van der Waals surface area contributed by atoms with Gasteiger partial charge in [-0.2, -0.15) is 0 Å². The van der Waals surface area contributed by atoms with E-state index in [4.69, 9.17) is 14.2 Å². The maximum Gasteiger partial charge on any atom is 0.306 e. The van der Waals surface area contributed by atoms with Crippen LogP contribution in [0.4, 0.5) is 0 Å². The van der Waals surface area contributed by atoms with Crippen molar-refractivity contribution >= 4 is 17.9 Å². The van der Waals surface area contributed by atoms with Crippen LogP contribution in [0, 0.1) is 0 Å². The Morgan fingerprint density at radius 3 is 1.30 bits per heavy atom. The van der Waals surface area contributed by atoms with Gasteiger partial charge in [0.1, 0.15) is 13.2 Å². The van der Waals surface area contributed by atoms with E-state index in [1.807, 2.05) is 0 Å². The van der Waals surface area contributed by atoms with Crippen molar-refractivity contribution in [3.8, 4) is 0 Å². The Balaban J connectivity index is 3.87. The first-order valence-electron chi connectivity index (χ1n) is 18.1. The van der Waals surface area contributed by atoms with Crippen LogP contribution in [0.2, 0.25) is 0 Å². The molecule has 252 valence electrons. The summed E-state index contributed by atoms with van der Waals surface area (Å²) in [6.07, 6.45) is 33.7. The van der Waals surface area contributed by atoms with E-state index in [9.17, 15) is 14.4 Å². The molecule has 6 heteroatoms. The summed E-state index contributed by atoms with van der Waals surface area (Å²) in [6, 6.07) is 0. The average molecular weight is 609 g/mol. The van der Waals surface area contributed by atoms with Crippen LogP contribution in [-0.2, 0) is 28.6 Å². The zero-order valence-corrected chi connectivity index (χ0v) is 28.5. The number of unbranched alkanes of at least 4 members (excludes halogenated alkanes) is 21. The molecular weight excluding hydrogens is 540 g/mol. The molecule has 0 aromatic carbocycles. The average Bonchev–Trinajstić information content (AvgIpc) is 2.99. The molecule has 0 heterocycles. The Morgan fingerprint density at radius 1 is 0.488 bits per heavy atom. The summed E-state index contributed by atoms with van der Waals surface area (Å²) in [5, 5.41) is 0. The highest BCUT2D eigenvalue weighted by molar-refractivity contribution is 5.70.